The first-order valence-electron chi connectivity index (χ1n) is 6.87. The van der Waals surface area contributed by atoms with E-state index in [0.717, 1.165) is 5.46 Å². The average Bonchev–Trinajstić information content (AvgIpc) is 2.65. The van der Waals surface area contributed by atoms with Crippen LogP contribution in [0.15, 0.2) is 12.1 Å². The summed E-state index contributed by atoms with van der Waals surface area (Å²) in [5.74, 6) is 0. The Labute approximate surface area is 125 Å². The van der Waals surface area contributed by atoms with Crippen LogP contribution in [0.1, 0.15) is 38.8 Å². The maximum atomic E-state index is 9.28. The van der Waals surface area contributed by atoms with Crippen LogP contribution >= 0.6 is 0 Å². The van der Waals surface area contributed by atoms with Gasteiger partial charge in [0.25, 0.3) is 0 Å². The van der Waals surface area contributed by atoms with Crippen molar-refractivity contribution < 1.29 is 9.31 Å². The van der Waals surface area contributed by atoms with Gasteiger partial charge >= 0.3 is 7.12 Å². The topological polar surface area (TPSA) is 78.1 Å². The molecule has 2 N–H and O–H groups in total. The number of hydrogen-bond acceptors (Lipinski definition) is 5. The Morgan fingerprint density at radius 2 is 1.81 bits per heavy atom. The smallest absolute Gasteiger partial charge is 0.399 e. The summed E-state index contributed by atoms with van der Waals surface area (Å²) in [6.07, 6.45) is 1.18. The molecule has 0 unspecified atom stereocenters. The molecule has 6 heteroatoms. The van der Waals surface area contributed by atoms with Crippen molar-refractivity contribution in [1.82, 2.24) is 0 Å². The van der Waals surface area contributed by atoms with Crippen molar-refractivity contribution in [2.24, 2.45) is 0 Å². The van der Waals surface area contributed by atoms with Gasteiger partial charge in [-0.05, 0) is 45.3 Å². The lowest BCUT2D eigenvalue weighted by molar-refractivity contribution is 0.00578. The molecule has 5 nitrogen and oxygen atoms in total. The van der Waals surface area contributed by atoms with Crippen LogP contribution < -0.4 is 10.8 Å². The van der Waals surface area contributed by atoms with Gasteiger partial charge in [0, 0.05) is 24.5 Å². The van der Waals surface area contributed by atoms with E-state index in [1.165, 1.54) is 6.21 Å². The average molecular weight is 285 g/mol. The zero-order valence-corrected chi connectivity index (χ0v) is 13.1. The van der Waals surface area contributed by atoms with Crippen molar-refractivity contribution in [2.45, 2.75) is 38.9 Å². The molecule has 1 aromatic carbocycles. The highest BCUT2D eigenvalue weighted by Crippen LogP contribution is 2.36. The summed E-state index contributed by atoms with van der Waals surface area (Å²) in [5.41, 5.74) is 1.64. The number of nitrogens with zero attached hydrogens (tertiary/aromatic N) is 1. The predicted octanol–water partition coefficient (Wildman–Crippen LogP) is 1.90. The summed E-state index contributed by atoms with van der Waals surface area (Å²) in [6.45, 7) is 7.96. The lowest BCUT2D eigenvalue weighted by atomic mass is 9.77. The first-order valence-corrected chi connectivity index (χ1v) is 6.87. The number of nitrogens with one attached hydrogen (secondary N) is 2. The Hall–Kier alpha value is -1.84. The van der Waals surface area contributed by atoms with E-state index >= 15 is 0 Å². The Morgan fingerprint density at radius 1 is 1.24 bits per heavy atom. The van der Waals surface area contributed by atoms with E-state index in [1.54, 1.807) is 13.1 Å². The molecule has 2 rings (SSSR count). The molecule has 0 amide bonds. The highest BCUT2D eigenvalue weighted by Gasteiger charge is 2.51. The Balaban J connectivity index is 2.48. The van der Waals surface area contributed by atoms with Crippen molar-refractivity contribution >= 4 is 24.5 Å². The second-order valence-electron chi connectivity index (χ2n) is 6.12. The summed E-state index contributed by atoms with van der Waals surface area (Å²) in [5, 5.41) is 19.8. The van der Waals surface area contributed by atoms with E-state index in [4.69, 9.17) is 14.7 Å². The molecular weight excluding hydrogens is 265 g/mol. The lowest BCUT2D eigenvalue weighted by Gasteiger charge is -2.32. The van der Waals surface area contributed by atoms with Gasteiger partial charge in [0.1, 0.15) is 0 Å². The van der Waals surface area contributed by atoms with Gasteiger partial charge in [0.2, 0.25) is 0 Å². The third-order valence-electron chi connectivity index (χ3n) is 4.26. The van der Waals surface area contributed by atoms with Gasteiger partial charge in [-0.3, -0.25) is 0 Å². The molecule has 1 saturated heterocycles. The van der Waals surface area contributed by atoms with Gasteiger partial charge in [0.15, 0.2) is 0 Å². The van der Waals surface area contributed by atoms with Crippen LogP contribution in [0.4, 0.5) is 5.69 Å². The Morgan fingerprint density at radius 3 is 2.24 bits per heavy atom. The molecule has 0 aromatic heterocycles. The minimum Gasteiger partial charge on any atom is -0.399 e. The van der Waals surface area contributed by atoms with Crippen molar-refractivity contribution in [1.29, 1.82) is 10.7 Å². The van der Waals surface area contributed by atoms with E-state index in [0.29, 0.717) is 16.8 Å². The molecule has 21 heavy (non-hydrogen) atoms. The van der Waals surface area contributed by atoms with Crippen molar-refractivity contribution in [2.75, 3.05) is 12.4 Å². The lowest BCUT2D eigenvalue weighted by Crippen LogP contribution is -2.41. The quantitative estimate of drug-likeness (QED) is 0.656. The van der Waals surface area contributed by atoms with Gasteiger partial charge in [-0.15, -0.1) is 0 Å². The summed E-state index contributed by atoms with van der Waals surface area (Å²) >= 11 is 0. The minimum atomic E-state index is -0.519. The summed E-state index contributed by atoms with van der Waals surface area (Å²) in [7, 11) is 1.24. The predicted molar refractivity (Wildman–Crippen MR) is 84.3 cm³/mol. The van der Waals surface area contributed by atoms with E-state index in [1.807, 2.05) is 33.8 Å². The minimum absolute atomic E-state index is 0.426. The maximum Gasteiger partial charge on any atom is 0.494 e. The number of nitriles is 1. The number of anilines is 1. The fraction of sp³-hybridized carbons (Fsp3) is 0.467. The van der Waals surface area contributed by atoms with Gasteiger partial charge < -0.3 is 20.0 Å². The molecular formula is C15H20BN3O2. The van der Waals surface area contributed by atoms with Gasteiger partial charge in [-0.2, -0.15) is 5.26 Å². The van der Waals surface area contributed by atoms with Crippen LogP contribution in [-0.2, 0) is 9.31 Å². The molecule has 1 aliphatic heterocycles. The first kappa shape index (κ1) is 15.6. The van der Waals surface area contributed by atoms with Crippen molar-refractivity contribution in [3.63, 3.8) is 0 Å². The van der Waals surface area contributed by atoms with E-state index in [2.05, 4.69) is 11.4 Å². The SMILES string of the molecule is CNc1cc(B2OC(C)(C)C(C)(C)O2)cc(C#N)c1C=N. The molecule has 1 aromatic rings. The zero-order valence-electron chi connectivity index (χ0n) is 13.1. The summed E-state index contributed by atoms with van der Waals surface area (Å²) < 4.78 is 12.0. The number of rotatable bonds is 3. The molecule has 1 fully saturated rings. The third-order valence-corrected chi connectivity index (χ3v) is 4.26. The van der Waals surface area contributed by atoms with Crippen LogP contribution in [0, 0.1) is 16.7 Å². The normalized spacial score (nSPS) is 19.1. The van der Waals surface area contributed by atoms with Crippen LogP contribution in [0.5, 0.6) is 0 Å². The number of hydrogen-bond donors (Lipinski definition) is 2. The standard InChI is InChI=1S/C15H20BN3O2/c1-14(2)15(3,4)21-16(20-14)11-6-10(8-17)12(9-18)13(7-11)19-5/h6-7,9,18-19H,1-5H3. The molecule has 0 bridgehead atoms. The second-order valence-corrected chi connectivity index (χ2v) is 6.12. The van der Waals surface area contributed by atoms with Crippen LogP contribution in [0.3, 0.4) is 0 Å². The summed E-state index contributed by atoms with van der Waals surface area (Å²) in [4.78, 5) is 0. The van der Waals surface area contributed by atoms with E-state index in [-0.39, 0.29) is 0 Å². The molecule has 0 spiro atoms. The zero-order chi connectivity index (χ0) is 15.8. The molecule has 0 radical (unpaired) electrons. The largest absolute Gasteiger partial charge is 0.494 e. The molecule has 0 saturated carbocycles. The molecule has 110 valence electrons. The fourth-order valence-electron chi connectivity index (χ4n) is 2.25. The molecule has 0 atom stereocenters. The van der Waals surface area contributed by atoms with Crippen molar-refractivity contribution in [3.8, 4) is 6.07 Å². The third kappa shape index (κ3) is 2.55. The van der Waals surface area contributed by atoms with Gasteiger partial charge in [-0.1, -0.05) is 0 Å². The highest BCUT2D eigenvalue weighted by atomic mass is 16.7. The van der Waals surface area contributed by atoms with Crippen LogP contribution in [-0.4, -0.2) is 31.6 Å². The van der Waals surface area contributed by atoms with E-state index < -0.39 is 18.3 Å². The number of benzene rings is 1. The second kappa shape index (κ2) is 5.17. The summed E-state index contributed by atoms with van der Waals surface area (Å²) in [6, 6.07) is 5.71. The maximum absolute atomic E-state index is 9.28. The first-order chi connectivity index (χ1) is 9.75. The fourth-order valence-corrected chi connectivity index (χ4v) is 2.25. The molecule has 1 heterocycles. The highest BCUT2D eigenvalue weighted by molar-refractivity contribution is 6.62. The monoisotopic (exact) mass is 285 g/mol. The van der Waals surface area contributed by atoms with Crippen LogP contribution in [0.25, 0.3) is 0 Å². The molecule has 1 aliphatic rings. The molecule has 0 aliphatic carbocycles. The van der Waals surface area contributed by atoms with Gasteiger partial charge in [0.05, 0.1) is 22.8 Å². The Kier molecular flexibility index (Phi) is 3.83. The van der Waals surface area contributed by atoms with E-state index in [9.17, 15) is 5.26 Å². The van der Waals surface area contributed by atoms with Crippen molar-refractivity contribution in [3.05, 3.63) is 23.3 Å². The Bertz CT molecular complexity index is 604. The van der Waals surface area contributed by atoms with Gasteiger partial charge in [-0.25, -0.2) is 0 Å². The van der Waals surface area contributed by atoms with Crippen LogP contribution in [0.2, 0.25) is 0 Å².